The molecule has 17 heavy (non-hydrogen) atoms. The molecule has 2 atom stereocenters. The van der Waals surface area contributed by atoms with Gasteiger partial charge < -0.3 is 11.1 Å². The number of benzene rings is 1. The molecule has 3 heteroatoms. The third-order valence-electron chi connectivity index (χ3n) is 3.29. The van der Waals surface area contributed by atoms with Crippen molar-refractivity contribution >= 4 is 11.6 Å². The maximum atomic E-state index is 12.0. The van der Waals surface area contributed by atoms with E-state index in [9.17, 15) is 4.79 Å². The first-order chi connectivity index (χ1) is 7.97. The molecule has 1 amide bonds. The summed E-state index contributed by atoms with van der Waals surface area (Å²) in [6, 6.07) is 5.50. The highest BCUT2D eigenvalue weighted by Crippen LogP contribution is 2.20. The zero-order valence-electron chi connectivity index (χ0n) is 11.1. The molecule has 0 aliphatic carbocycles. The highest BCUT2D eigenvalue weighted by Gasteiger charge is 2.20. The van der Waals surface area contributed by atoms with Crippen molar-refractivity contribution in [1.82, 2.24) is 0 Å². The number of hydrogen-bond donors (Lipinski definition) is 2. The van der Waals surface area contributed by atoms with E-state index in [-0.39, 0.29) is 11.8 Å². The molecule has 1 aromatic carbocycles. The van der Waals surface area contributed by atoms with Gasteiger partial charge in [0.25, 0.3) is 0 Å². The lowest BCUT2D eigenvalue weighted by Crippen LogP contribution is -2.40. The zero-order chi connectivity index (χ0) is 13.0. The molecule has 0 radical (unpaired) electrons. The molecule has 0 heterocycles. The van der Waals surface area contributed by atoms with Crippen LogP contribution in [0.1, 0.15) is 31.4 Å². The Morgan fingerprint density at radius 3 is 2.35 bits per heavy atom. The van der Waals surface area contributed by atoms with Gasteiger partial charge in [-0.25, -0.2) is 0 Å². The number of nitrogens with two attached hydrogens (primary N) is 1. The first-order valence-corrected chi connectivity index (χ1v) is 6.10. The molecule has 0 saturated heterocycles. The summed E-state index contributed by atoms with van der Waals surface area (Å²) < 4.78 is 0. The van der Waals surface area contributed by atoms with Gasteiger partial charge in [-0.1, -0.05) is 38.5 Å². The average molecular weight is 234 g/mol. The van der Waals surface area contributed by atoms with Gasteiger partial charge in [-0.05, 0) is 30.9 Å². The standard InChI is InChI=1S/C14H22N2O/c1-5-9(2)12(15)14(17)16-13-10(3)7-6-8-11(13)4/h6-9,12H,5,15H2,1-4H3,(H,16,17)/t9-,12-/m0/s1. The minimum Gasteiger partial charge on any atom is -0.324 e. The summed E-state index contributed by atoms with van der Waals surface area (Å²) in [4.78, 5) is 12.0. The molecule has 1 rings (SSSR count). The third-order valence-corrected chi connectivity index (χ3v) is 3.29. The lowest BCUT2D eigenvalue weighted by Gasteiger charge is -2.19. The minimum absolute atomic E-state index is 0.100. The van der Waals surface area contributed by atoms with Crippen LogP contribution in [-0.4, -0.2) is 11.9 Å². The van der Waals surface area contributed by atoms with Crippen molar-refractivity contribution in [2.75, 3.05) is 5.32 Å². The molecule has 0 fully saturated rings. The van der Waals surface area contributed by atoms with Gasteiger partial charge in [0.2, 0.25) is 5.91 Å². The van der Waals surface area contributed by atoms with Crippen LogP contribution in [-0.2, 0) is 4.79 Å². The second kappa shape index (κ2) is 5.82. The van der Waals surface area contributed by atoms with E-state index >= 15 is 0 Å². The zero-order valence-corrected chi connectivity index (χ0v) is 11.1. The summed E-state index contributed by atoms with van der Waals surface area (Å²) in [6.07, 6.45) is 0.904. The molecule has 0 aliphatic heterocycles. The van der Waals surface area contributed by atoms with Crippen LogP contribution in [0.25, 0.3) is 0 Å². The van der Waals surface area contributed by atoms with E-state index in [4.69, 9.17) is 5.73 Å². The number of aryl methyl sites for hydroxylation is 2. The minimum atomic E-state index is -0.445. The molecule has 0 spiro atoms. The fourth-order valence-corrected chi connectivity index (χ4v) is 1.73. The molecule has 3 nitrogen and oxygen atoms in total. The summed E-state index contributed by atoms with van der Waals surface area (Å²) >= 11 is 0. The number of anilines is 1. The Morgan fingerprint density at radius 2 is 1.88 bits per heavy atom. The van der Waals surface area contributed by atoms with Gasteiger partial charge in [0.15, 0.2) is 0 Å². The molecule has 0 bridgehead atoms. The SMILES string of the molecule is CC[C@H](C)[C@H](N)C(=O)Nc1c(C)cccc1C. The number of carbonyl (C=O) groups excluding carboxylic acids is 1. The van der Waals surface area contributed by atoms with E-state index in [1.165, 1.54) is 0 Å². The number of para-hydroxylation sites is 1. The van der Waals surface area contributed by atoms with E-state index in [0.717, 1.165) is 23.2 Å². The van der Waals surface area contributed by atoms with Crippen LogP contribution >= 0.6 is 0 Å². The fourth-order valence-electron chi connectivity index (χ4n) is 1.73. The first-order valence-electron chi connectivity index (χ1n) is 6.10. The highest BCUT2D eigenvalue weighted by molar-refractivity contribution is 5.96. The van der Waals surface area contributed by atoms with Crippen LogP contribution in [0.4, 0.5) is 5.69 Å². The molecule has 1 aromatic rings. The Bertz CT molecular complexity index is 381. The second-order valence-corrected chi connectivity index (χ2v) is 4.67. The van der Waals surface area contributed by atoms with Crippen molar-refractivity contribution in [1.29, 1.82) is 0 Å². The Labute approximate surface area is 103 Å². The Balaban J connectivity index is 2.81. The van der Waals surface area contributed by atoms with E-state index in [0.29, 0.717) is 0 Å². The molecule has 0 aromatic heterocycles. The van der Waals surface area contributed by atoms with Crippen molar-refractivity contribution in [3.8, 4) is 0 Å². The Morgan fingerprint density at radius 1 is 1.35 bits per heavy atom. The van der Waals surface area contributed by atoms with E-state index in [2.05, 4.69) is 5.32 Å². The second-order valence-electron chi connectivity index (χ2n) is 4.67. The normalized spacial score (nSPS) is 14.2. The van der Waals surface area contributed by atoms with E-state index in [1.54, 1.807) is 0 Å². The third kappa shape index (κ3) is 3.30. The molecule has 0 saturated carbocycles. The van der Waals surface area contributed by atoms with Gasteiger partial charge in [-0.15, -0.1) is 0 Å². The lowest BCUT2D eigenvalue weighted by atomic mass is 9.99. The topological polar surface area (TPSA) is 55.1 Å². The molecule has 94 valence electrons. The summed E-state index contributed by atoms with van der Waals surface area (Å²) in [5, 5.41) is 2.93. The molecule has 0 aliphatic rings. The summed E-state index contributed by atoms with van der Waals surface area (Å²) in [5.74, 6) is 0.0936. The maximum Gasteiger partial charge on any atom is 0.241 e. The molecule has 3 N–H and O–H groups in total. The van der Waals surface area contributed by atoms with Crippen molar-refractivity contribution in [2.24, 2.45) is 11.7 Å². The number of nitrogens with one attached hydrogen (secondary N) is 1. The quantitative estimate of drug-likeness (QED) is 0.841. The van der Waals surface area contributed by atoms with Crippen molar-refractivity contribution in [3.05, 3.63) is 29.3 Å². The number of amides is 1. The predicted molar refractivity (Wildman–Crippen MR) is 72.0 cm³/mol. The summed E-state index contributed by atoms with van der Waals surface area (Å²) in [7, 11) is 0. The Hall–Kier alpha value is -1.35. The van der Waals surface area contributed by atoms with Crippen LogP contribution < -0.4 is 11.1 Å². The average Bonchev–Trinajstić information content (AvgIpc) is 2.31. The number of rotatable bonds is 4. The highest BCUT2D eigenvalue weighted by atomic mass is 16.2. The van der Waals surface area contributed by atoms with Gasteiger partial charge in [0.05, 0.1) is 6.04 Å². The number of carbonyl (C=O) groups is 1. The largest absolute Gasteiger partial charge is 0.324 e. The van der Waals surface area contributed by atoms with Crippen molar-refractivity contribution < 1.29 is 4.79 Å². The molecule has 0 unspecified atom stereocenters. The Kier molecular flexibility index (Phi) is 4.70. The van der Waals surface area contributed by atoms with E-state index < -0.39 is 6.04 Å². The van der Waals surface area contributed by atoms with Gasteiger partial charge in [0.1, 0.15) is 0 Å². The van der Waals surface area contributed by atoms with Gasteiger partial charge in [-0.3, -0.25) is 4.79 Å². The lowest BCUT2D eigenvalue weighted by molar-refractivity contribution is -0.118. The van der Waals surface area contributed by atoms with Crippen LogP contribution in [0, 0.1) is 19.8 Å². The fraction of sp³-hybridized carbons (Fsp3) is 0.500. The van der Waals surface area contributed by atoms with Crippen LogP contribution in [0.5, 0.6) is 0 Å². The summed E-state index contributed by atoms with van der Waals surface area (Å²) in [6.45, 7) is 8.00. The van der Waals surface area contributed by atoms with Gasteiger partial charge in [0, 0.05) is 5.69 Å². The van der Waals surface area contributed by atoms with Crippen LogP contribution in [0.2, 0.25) is 0 Å². The predicted octanol–water partition coefficient (Wildman–Crippen LogP) is 2.62. The van der Waals surface area contributed by atoms with Gasteiger partial charge >= 0.3 is 0 Å². The molecular formula is C14H22N2O. The summed E-state index contributed by atoms with van der Waals surface area (Å²) in [5.41, 5.74) is 8.92. The maximum absolute atomic E-state index is 12.0. The first kappa shape index (κ1) is 13.7. The number of hydrogen-bond acceptors (Lipinski definition) is 2. The van der Waals surface area contributed by atoms with E-state index in [1.807, 2.05) is 45.9 Å². The van der Waals surface area contributed by atoms with Crippen molar-refractivity contribution in [2.45, 2.75) is 40.2 Å². The molecular weight excluding hydrogens is 212 g/mol. The smallest absolute Gasteiger partial charge is 0.241 e. The van der Waals surface area contributed by atoms with Crippen molar-refractivity contribution in [3.63, 3.8) is 0 Å². The monoisotopic (exact) mass is 234 g/mol. The van der Waals surface area contributed by atoms with Crippen LogP contribution in [0.15, 0.2) is 18.2 Å². The van der Waals surface area contributed by atoms with Gasteiger partial charge in [-0.2, -0.15) is 0 Å². The van der Waals surface area contributed by atoms with Crippen LogP contribution in [0.3, 0.4) is 0 Å².